The van der Waals surface area contributed by atoms with Crippen LogP contribution in [0.15, 0.2) is 45.7 Å². The Morgan fingerprint density at radius 1 is 1.12 bits per heavy atom. The smallest absolute Gasteiger partial charge is 0.261 e. The van der Waals surface area contributed by atoms with Gasteiger partial charge in [-0.1, -0.05) is 47.9 Å². The minimum Gasteiger partial charge on any atom is -0.317 e. The third-order valence-electron chi connectivity index (χ3n) is 4.85. The number of halogens is 1. The lowest BCUT2D eigenvalue weighted by Gasteiger charge is -2.22. The van der Waals surface area contributed by atoms with Crippen LogP contribution in [0.2, 0.25) is 0 Å². The van der Waals surface area contributed by atoms with Gasteiger partial charge in [-0.15, -0.1) is 0 Å². The van der Waals surface area contributed by atoms with Crippen LogP contribution in [-0.4, -0.2) is 17.5 Å². The van der Waals surface area contributed by atoms with E-state index in [-0.39, 0.29) is 5.56 Å². The summed E-state index contributed by atoms with van der Waals surface area (Å²) in [5.41, 5.74) is 2.20. The second-order valence-electron chi connectivity index (χ2n) is 6.34. The second-order valence-corrected chi connectivity index (χ2v) is 7.98. The highest BCUT2D eigenvalue weighted by molar-refractivity contribution is 9.10. The summed E-state index contributed by atoms with van der Waals surface area (Å²) in [5, 5.41) is 5.81. The average Bonchev–Trinajstić information content (AvgIpc) is 2.99. The summed E-state index contributed by atoms with van der Waals surface area (Å²) in [6, 6.07) is 12.6. The Balaban J connectivity index is 1.72. The van der Waals surface area contributed by atoms with E-state index in [1.54, 1.807) is 0 Å². The van der Waals surface area contributed by atoms with Crippen molar-refractivity contribution in [3.63, 3.8) is 0 Å². The molecule has 0 amide bonds. The van der Waals surface area contributed by atoms with Gasteiger partial charge in [-0.25, -0.2) is 0 Å². The Morgan fingerprint density at radius 2 is 1.92 bits per heavy atom. The highest BCUT2D eigenvalue weighted by atomic mass is 79.9. The fourth-order valence-electron chi connectivity index (χ4n) is 3.52. The Bertz CT molecular complexity index is 925. The number of aromatic amines is 1. The number of hydrogen-bond acceptors (Lipinski definition) is 3. The van der Waals surface area contributed by atoms with E-state index in [9.17, 15) is 4.79 Å². The van der Waals surface area contributed by atoms with Crippen LogP contribution < -0.4 is 10.9 Å². The molecule has 0 atom stereocenters. The number of benzene rings is 2. The third-order valence-corrected chi connectivity index (χ3v) is 6.87. The molecule has 4 rings (SSSR count). The van der Waals surface area contributed by atoms with Crippen molar-refractivity contribution in [3.8, 4) is 0 Å². The van der Waals surface area contributed by atoms with Crippen LogP contribution in [0, 0.1) is 0 Å². The molecule has 0 spiro atoms. The summed E-state index contributed by atoms with van der Waals surface area (Å²) >= 11 is 5.28. The molecule has 1 fully saturated rings. The van der Waals surface area contributed by atoms with Gasteiger partial charge in [0.15, 0.2) is 0 Å². The van der Waals surface area contributed by atoms with E-state index in [1.807, 2.05) is 6.07 Å². The Hall–Kier alpha value is -1.43. The number of piperidine rings is 1. The lowest BCUT2D eigenvalue weighted by Crippen LogP contribution is -2.27. The maximum Gasteiger partial charge on any atom is 0.261 e. The highest BCUT2D eigenvalue weighted by Gasteiger charge is 2.23. The van der Waals surface area contributed by atoms with Crippen LogP contribution in [-0.2, 0) is 6.42 Å². The predicted molar refractivity (Wildman–Crippen MR) is 104 cm³/mol. The fourth-order valence-corrected chi connectivity index (χ4v) is 5.17. The molecule has 1 saturated heterocycles. The van der Waals surface area contributed by atoms with Gasteiger partial charge in [0.05, 0.1) is 0 Å². The first kappa shape index (κ1) is 16.1. The molecule has 1 aliphatic rings. The van der Waals surface area contributed by atoms with Gasteiger partial charge in [-0.2, -0.15) is 0 Å². The van der Waals surface area contributed by atoms with Gasteiger partial charge in [-0.05, 0) is 64.1 Å². The normalized spacial score (nSPS) is 15.9. The molecule has 2 heterocycles. The number of H-pyrrole nitrogens is 1. The first-order valence-electron chi connectivity index (χ1n) is 8.31. The molecule has 2 N–H and O–H groups in total. The van der Waals surface area contributed by atoms with Gasteiger partial charge < -0.3 is 5.32 Å². The first-order valence-corrected chi connectivity index (χ1v) is 9.92. The van der Waals surface area contributed by atoms with Gasteiger partial charge in [0.1, 0.15) is 0 Å². The first-order chi connectivity index (χ1) is 11.7. The van der Waals surface area contributed by atoms with Gasteiger partial charge in [0, 0.05) is 21.3 Å². The lowest BCUT2D eigenvalue weighted by molar-refractivity contribution is 0.463. The molecule has 0 bridgehead atoms. The van der Waals surface area contributed by atoms with E-state index in [0.29, 0.717) is 12.3 Å². The van der Waals surface area contributed by atoms with Crippen LogP contribution in [0.1, 0.15) is 34.8 Å². The molecule has 5 heteroatoms. The average molecular weight is 403 g/mol. The van der Waals surface area contributed by atoms with E-state index < -0.39 is 0 Å². The SMILES string of the molecule is O=c1[nH]sc(C2CCNCC2)c1Cc1ccc2ccccc2c1Br. The van der Waals surface area contributed by atoms with Crippen molar-refractivity contribution in [1.82, 2.24) is 9.69 Å². The van der Waals surface area contributed by atoms with Crippen molar-refractivity contribution in [1.29, 1.82) is 0 Å². The van der Waals surface area contributed by atoms with Gasteiger partial charge >= 0.3 is 0 Å². The van der Waals surface area contributed by atoms with Crippen molar-refractivity contribution in [3.05, 3.63) is 67.2 Å². The van der Waals surface area contributed by atoms with Crippen LogP contribution in [0.4, 0.5) is 0 Å². The maximum atomic E-state index is 12.4. The molecule has 3 nitrogen and oxygen atoms in total. The molecule has 0 saturated carbocycles. The van der Waals surface area contributed by atoms with Gasteiger partial charge in [-0.3, -0.25) is 9.17 Å². The third kappa shape index (κ3) is 2.96. The Kier molecular flexibility index (Phi) is 4.57. The van der Waals surface area contributed by atoms with E-state index in [4.69, 9.17) is 0 Å². The molecule has 3 aromatic rings. The summed E-state index contributed by atoms with van der Waals surface area (Å²) in [6.07, 6.45) is 2.91. The Morgan fingerprint density at radius 3 is 2.75 bits per heavy atom. The summed E-state index contributed by atoms with van der Waals surface area (Å²) in [4.78, 5) is 13.6. The van der Waals surface area contributed by atoms with E-state index in [1.165, 1.54) is 32.7 Å². The van der Waals surface area contributed by atoms with Crippen molar-refractivity contribution in [2.45, 2.75) is 25.2 Å². The molecule has 124 valence electrons. The molecule has 1 aliphatic heterocycles. The zero-order valence-electron chi connectivity index (χ0n) is 13.3. The van der Waals surface area contributed by atoms with Gasteiger partial charge in [0.2, 0.25) is 0 Å². The molecular weight excluding hydrogens is 384 g/mol. The highest BCUT2D eigenvalue weighted by Crippen LogP contribution is 2.33. The zero-order chi connectivity index (χ0) is 16.5. The van der Waals surface area contributed by atoms with E-state index in [2.05, 4.69) is 56.0 Å². The fraction of sp³-hybridized carbons (Fsp3) is 0.316. The molecule has 2 aromatic carbocycles. The molecule has 1 aromatic heterocycles. The second kappa shape index (κ2) is 6.82. The molecule has 0 radical (unpaired) electrons. The number of nitrogens with one attached hydrogen (secondary N) is 2. The topological polar surface area (TPSA) is 44.9 Å². The summed E-state index contributed by atoms with van der Waals surface area (Å²) in [7, 11) is 0. The van der Waals surface area contributed by atoms with E-state index in [0.717, 1.165) is 36.0 Å². The summed E-state index contributed by atoms with van der Waals surface area (Å²) in [5.74, 6) is 0.504. The van der Waals surface area contributed by atoms with Gasteiger partial charge in [0.25, 0.3) is 5.56 Å². The van der Waals surface area contributed by atoms with Crippen LogP contribution in [0.5, 0.6) is 0 Å². The largest absolute Gasteiger partial charge is 0.317 e. The van der Waals surface area contributed by atoms with Crippen molar-refractivity contribution >= 4 is 38.2 Å². The molecule has 0 aliphatic carbocycles. The Labute approximate surface area is 153 Å². The number of fused-ring (bicyclic) bond motifs is 1. The van der Waals surface area contributed by atoms with Crippen LogP contribution in [0.3, 0.4) is 0 Å². The molecule has 0 unspecified atom stereocenters. The number of rotatable bonds is 3. The van der Waals surface area contributed by atoms with Crippen LogP contribution >= 0.6 is 27.5 Å². The zero-order valence-corrected chi connectivity index (χ0v) is 15.7. The lowest BCUT2D eigenvalue weighted by atomic mass is 9.92. The van der Waals surface area contributed by atoms with Crippen molar-refractivity contribution in [2.75, 3.05) is 13.1 Å². The van der Waals surface area contributed by atoms with Crippen molar-refractivity contribution in [2.24, 2.45) is 0 Å². The van der Waals surface area contributed by atoms with Crippen LogP contribution in [0.25, 0.3) is 10.8 Å². The maximum absolute atomic E-state index is 12.4. The molecular formula is C19H19BrN2OS. The van der Waals surface area contributed by atoms with Crippen molar-refractivity contribution < 1.29 is 0 Å². The standard InChI is InChI=1S/C19H19BrN2OS/c20-17-14(6-5-12-3-1-2-4-15(12)17)11-16-18(24-22-19(16)23)13-7-9-21-10-8-13/h1-6,13,21H,7-11H2,(H,22,23). The molecule has 24 heavy (non-hydrogen) atoms. The number of aromatic nitrogens is 1. The number of hydrogen-bond donors (Lipinski definition) is 2. The minimum atomic E-state index is 0.0774. The summed E-state index contributed by atoms with van der Waals surface area (Å²) < 4.78 is 4.06. The minimum absolute atomic E-state index is 0.0774. The quantitative estimate of drug-likeness (QED) is 0.681. The summed E-state index contributed by atoms with van der Waals surface area (Å²) in [6.45, 7) is 2.08. The monoisotopic (exact) mass is 402 g/mol. The predicted octanol–water partition coefficient (Wildman–Crippen LogP) is 4.41. The van der Waals surface area contributed by atoms with E-state index >= 15 is 0 Å².